The number of amides is 2. The molecule has 74 valence electrons. The molecule has 0 aromatic heterocycles. The average Bonchev–Trinajstić information content (AvgIpc) is 2.91. The Morgan fingerprint density at radius 1 is 1.43 bits per heavy atom. The number of likely N-dealkylation sites (tertiary alicyclic amines) is 1. The van der Waals surface area contributed by atoms with Crippen LogP contribution < -0.4 is 0 Å². The predicted octanol–water partition coefficient (Wildman–Crippen LogP) is 0.692. The number of hydrogen-bond donors (Lipinski definition) is 0. The SMILES string of the molecule is [N-]=[N+]=NCCCN1C(=O)C2CC2C1=O. The average molecular weight is 194 g/mol. The van der Waals surface area contributed by atoms with Crippen LogP contribution in [0.3, 0.4) is 0 Å². The van der Waals surface area contributed by atoms with Crippen LogP contribution in [0.1, 0.15) is 12.8 Å². The van der Waals surface area contributed by atoms with Crippen molar-refractivity contribution in [2.45, 2.75) is 12.8 Å². The highest BCUT2D eigenvalue weighted by atomic mass is 16.2. The van der Waals surface area contributed by atoms with Gasteiger partial charge in [-0.15, -0.1) is 0 Å². The van der Waals surface area contributed by atoms with Gasteiger partial charge in [-0.25, -0.2) is 0 Å². The number of nitrogens with zero attached hydrogens (tertiary/aromatic N) is 4. The quantitative estimate of drug-likeness (QED) is 0.217. The highest BCUT2D eigenvalue weighted by molar-refractivity contribution is 6.08. The molecule has 0 N–H and O–H groups in total. The van der Waals surface area contributed by atoms with Crippen LogP contribution in [0.15, 0.2) is 5.11 Å². The molecule has 6 heteroatoms. The molecule has 1 heterocycles. The number of imide groups is 1. The van der Waals surface area contributed by atoms with Crippen molar-refractivity contribution >= 4 is 11.8 Å². The molecule has 2 amide bonds. The molecule has 1 saturated heterocycles. The van der Waals surface area contributed by atoms with Gasteiger partial charge in [-0.1, -0.05) is 5.11 Å². The molecule has 1 aliphatic carbocycles. The lowest BCUT2D eigenvalue weighted by atomic mass is 10.3. The number of carbonyl (C=O) groups is 2. The van der Waals surface area contributed by atoms with E-state index in [2.05, 4.69) is 10.0 Å². The summed E-state index contributed by atoms with van der Waals surface area (Å²) in [6, 6.07) is 0. The highest BCUT2D eigenvalue weighted by Gasteiger charge is 2.58. The zero-order chi connectivity index (χ0) is 10.1. The minimum Gasteiger partial charge on any atom is -0.282 e. The summed E-state index contributed by atoms with van der Waals surface area (Å²) in [6.45, 7) is 0.729. The van der Waals surface area contributed by atoms with Gasteiger partial charge in [0.05, 0.1) is 11.8 Å². The molecule has 14 heavy (non-hydrogen) atoms. The minimum absolute atomic E-state index is 0.0260. The Balaban J connectivity index is 1.84. The van der Waals surface area contributed by atoms with Gasteiger partial charge in [0.2, 0.25) is 11.8 Å². The molecule has 0 aromatic rings. The fourth-order valence-corrected chi connectivity index (χ4v) is 1.81. The van der Waals surface area contributed by atoms with Gasteiger partial charge in [0.15, 0.2) is 0 Å². The summed E-state index contributed by atoms with van der Waals surface area (Å²) < 4.78 is 0. The van der Waals surface area contributed by atoms with Gasteiger partial charge in [0.1, 0.15) is 0 Å². The standard InChI is InChI=1S/C8H10N4O2/c9-11-10-2-1-3-12-7(13)5-4-6(5)8(12)14/h5-6H,1-4H2. The second-order valence-electron chi connectivity index (χ2n) is 3.58. The molecule has 1 saturated carbocycles. The normalized spacial score (nSPS) is 28.7. The van der Waals surface area contributed by atoms with E-state index in [-0.39, 0.29) is 23.7 Å². The Labute approximate surface area is 80.5 Å². The lowest BCUT2D eigenvalue weighted by Gasteiger charge is -2.14. The summed E-state index contributed by atoms with van der Waals surface area (Å²) >= 11 is 0. The lowest BCUT2D eigenvalue weighted by molar-refractivity contribution is -0.141. The van der Waals surface area contributed by atoms with E-state index in [9.17, 15) is 9.59 Å². The first-order valence-electron chi connectivity index (χ1n) is 4.62. The first kappa shape index (κ1) is 9.02. The van der Waals surface area contributed by atoms with Crippen molar-refractivity contribution < 1.29 is 9.59 Å². The molecule has 0 radical (unpaired) electrons. The van der Waals surface area contributed by atoms with Crippen LogP contribution in [0.4, 0.5) is 0 Å². The van der Waals surface area contributed by atoms with Gasteiger partial charge in [-0.2, -0.15) is 0 Å². The molecule has 2 unspecified atom stereocenters. The van der Waals surface area contributed by atoms with E-state index in [1.807, 2.05) is 0 Å². The Morgan fingerprint density at radius 2 is 2.07 bits per heavy atom. The van der Waals surface area contributed by atoms with Crippen LogP contribution in [0.5, 0.6) is 0 Å². The van der Waals surface area contributed by atoms with Crippen LogP contribution in [-0.4, -0.2) is 29.8 Å². The molecule has 0 spiro atoms. The molecule has 6 nitrogen and oxygen atoms in total. The molecule has 1 aliphatic heterocycles. The molecule has 2 rings (SSSR count). The Bertz CT molecular complexity index is 314. The van der Waals surface area contributed by atoms with E-state index in [4.69, 9.17) is 5.53 Å². The number of fused-ring (bicyclic) bond motifs is 1. The summed E-state index contributed by atoms with van der Waals surface area (Å²) in [6.07, 6.45) is 1.30. The summed E-state index contributed by atoms with van der Waals surface area (Å²) in [7, 11) is 0. The van der Waals surface area contributed by atoms with Gasteiger partial charge in [0, 0.05) is 18.0 Å². The van der Waals surface area contributed by atoms with Crippen molar-refractivity contribution in [3.8, 4) is 0 Å². The zero-order valence-corrected chi connectivity index (χ0v) is 7.59. The summed E-state index contributed by atoms with van der Waals surface area (Å²) in [5.74, 6) is -0.134. The first-order valence-corrected chi connectivity index (χ1v) is 4.62. The fraction of sp³-hybridized carbons (Fsp3) is 0.750. The molecular formula is C8H10N4O2. The largest absolute Gasteiger partial charge is 0.282 e. The predicted molar refractivity (Wildman–Crippen MR) is 46.9 cm³/mol. The zero-order valence-electron chi connectivity index (χ0n) is 7.59. The van der Waals surface area contributed by atoms with Crippen molar-refractivity contribution in [1.82, 2.24) is 4.90 Å². The highest BCUT2D eigenvalue weighted by Crippen LogP contribution is 2.46. The van der Waals surface area contributed by atoms with Crippen molar-refractivity contribution in [2.75, 3.05) is 13.1 Å². The van der Waals surface area contributed by atoms with E-state index >= 15 is 0 Å². The second-order valence-corrected chi connectivity index (χ2v) is 3.58. The van der Waals surface area contributed by atoms with Crippen LogP contribution >= 0.6 is 0 Å². The van der Waals surface area contributed by atoms with E-state index in [0.717, 1.165) is 6.42 Å². The Morgan fingerprint density at radius 3 is 2.64 bits per heavy atom. The number of piperidine rings is 1. The maximum atomic E-state index is 11.4. The van der Waals surface area contributed by atoms with Crippen molar-refractivity contribution in [3.63, 3.8) is 0 Å². The van der Waals surface area contributed by atoms with Gasteiger partial charge in [-0.3, -0.25) is 14.5 Å². The van der Waals surface area contributed by atoms with Gasteiger partial charge in [-0.05, 0) is 18.4 Å². The molecule has 0 aromatic carbocycles. The Hall–Kier alpha value is -1.55. The van der Waals surface area contributed by atoms with Crippen LogP contribution in [0.25, 0.3) is 10.4 Å². The Kier molecular flexibility index (Phi) is 2.13. The molecule has 2 atom stereocenters. The van der Waals surface area contributed by atoms with Crippen molar-refractivity contribution in [2.24, 2.45) is 17.0 Å². The number of hydrogen-bond acceptors (Lipinski definition) is 3. The van der Waals surface area contributed by atoms with Crippen LogP contribution in [0, 0.1) is 11.8 Å². The van der Waals surface area contributed by atoms with E-state index in [1.165, 1.54) is 4.90 Å². The topological polar surface area (TPSA) is 86.1 Å². The third-order valence-corrected chi connectivity index (χ3v) is 2.66. The number of carbonyl (C=O) groups excluding carboxylic acids is 2. The van der Waals surface area contributed by atoms with E-state index in [0.29, 0.717) is 19.5 Å². The summed E-state index contributed by atoms with van der Waals surface area (Å²) in [5, 5.41) is 3.34. The summed E-state index contributed by atoms with van der Waals surface area (Å²) in [5.41, 5.74) is 8.02. The van der Waals surface area contributed by atoms with Gasteiger partial charge < -0.3 is 0 Å². The van der Waals surface area contributed by atoms with Gasteiger partial charge in [0.25, 0.3) is 0 Å². The lowest BCUT2D eigenvalue weighted by Crippen LogP contribution is -2.34. The summed E-state index contributed by atoms with van der Waals surface area (Å²) in [4.78, 5) is 26.7. The monoisotopic (exact) mass is 194 g/mol. The molecule has 2 aliphatic rings. The maximum absolute atomic E-state index is 11.4. The molecule has 2 fully saturated rings. The number of azide groups is 1. The number of rotatable bonds is 4. The maximum Gasteiger partial charge on any atom is 0.233 e. The fourth-order valence-electron chi connectivity index (χ4n) is 1.81. The van der Waals surface area contributed by atoms with Crippen molar-refractivity contribution in [3.05, 3.63) is 10.4 Å². The smallest absolute Gasteiger partial charge is 0.233 e. The third-order valence-electron chi connectivity index (χ3n) is 2.66. The second kappa shape index (κ2) is 3.31. The van der Waals surface area contributed by atoms with Crippen LogP contribution in [0.2, 0.25) is 0 Å². The first-order chi connectivity index (χ1) is 6.75. The van der Waals surface area contributed by atoms with E-state index in [1.54, 1.807) is 0 Å². The van der Waals surface area contributed by atoms with Gasteiger partial charge >= 0.3 is 0 Å². The van der Waals surface area contributed by atoms with Crippen LogP contribution in [-0.2, 0) is 9.59 Å². The van der Waals surface area contributed by atoms with Crippen molar-refractivity contribution in [1.29, 1.82) is 0 Å². The minimum atomic E-state index is -0.0408. The molecule has 0 bridgehead atoms. The molecular weight excluding hydrogens is 184 g/mol. The third kappa shape index (κ3) is 1.33. The van der Waals surface area contributed by atoms with E-state index < -0.39 is 0 Å².